The fourth-order valence-electron chi connectivity index (χ4n) is 8.69. The molecule has 0 aliphatic heterocycles. The Kier molecular flexibility index (Phi) is 5.65. The van der Waals surface area contributed by atoms with Crippen molar-refractivity contribution < 1.29 is 0 Å². The number of thiophene rings is 1. The molecule has 0 unspecified atom stereocenters. The molecule has 4 heteroatoms. The molecule has 52 heavy (non-hydrogen) atoms. The van der Waals surface area contributed by atoms with Crippen molar-refractivity contribution in [2.75, 3.05) is 0 Å². The Balaban J connectivity index is 1.33. The molecule has 12 aromatic rings. The lowest BCUT2D eigenvalue weighted by atomic mass is 9.90. The molecule has 0 amide bonds. The van der Waals surface area contributed by atoms with Gasteiger partial charge in [-0.05, 0) is 66.7 Å². The molecule has 0 radical (unpaired) electrons. The van der Waals surface area contributed by atoms with Crippen LogP contribution in [0.3, 0.4) is 0 Å². The summed E-state index contributed by atoms with van der Waals surface area (Å²) < 4.78 is 3.60. The Morgan fingerprint density at radius 3 is 1.79 bits per heavy atom. The number of aromatic nitrogens is 3. The van der Waals surface area contributed by atoms with E-state index in [-0.39, 0.29) is 0 Å². The zero-order chi connectivity index (χ0) is 33.9. The lowest BCUT2D eigenvalue weighted by Crippen LogP contribution is -2.04. The van der Waals surface area contributed by atoms with Gasteiger partial charge in [0, 0.05) is 31.8 Å². The van der Waals surface area contributed by atoms with E-state index < -0.39 is 0 Å². The standard InChI is InChI=1S/C48H27N3S/c1-2-14-30-27-41-40(26-29(30)13-1)37-25-24-28-12-3-4-15-31(28)46(37)51(41)47-44(49-45-38-20-9-10-23-42(38)52-48(45)50-47)39-22-11-21-36-34-17-6-5-16-32(34)33-18-7-8-19-35(33)43(36)39/h1-27H. The highest BCUT2D eigenvalue weighted by Gasteiger charge is 2.24. The summed E-state index contributed by atoms with van der Waals surface area (Å²) >= 11 is 1.72. The number of hydrogen-bond donors (Lipinski definition) is 0. The van der Waals surface area contributed by atoms with Gasteiger partial charge >= 0.3 is 0 Å². The molecule has 3 aromatic heterocycles. The Bertz CT molecular complexity index is 3430. The van der Waals surface area contributed by atoms with Crippen LogP contribution in [0.25, 0.3) is 113 Å². The fourth-order valence-corrected chi connectivity index (χ4v) is 9.70. The molecule has 0 saturated heterocycles. The molecular weight excluding hydrogens is 651 g/mol. The van der Waals surface area contributed by atoms with E-state index in [1.807, 2.05) is 0 Å². The number of rotatable bonds is 2. The number of fused-ring (bicyclic) bond motifs is 15. The molecule has 0 atom stereocenters. The second-order valence-electron chi connectivity index (χ2n) is 13.7. The van der Waals surface area contributed by atoms with Gasteiger partial charge in [0.05, 0.1) is 11.0 Å². The molecule has 0 aliphatic carbocycles. The Hall–Kier alpha value is -6.62. The van der Waals surface area contributed by atoms with Crippen molar-refractivity contribution in [2.24, 2.45) is 0 Å². The van der Waals surface area contributed by atoms with Crippen LogP contribution in [0.15, 0.2) is 164 Å². The van der Waals surface area contributed by atoms with Crippen LogP contribution < -0.4 is 0 Å². The summed E-state index contributed by atoms with van der Waals surface area (Å²) in [6.45, 7) is 0. The third-order valence-electron chi connectivity index (χ3n) is 10.9. The maximum atomic E-state index is 5.71. The van der Waals surface area contributed by atoms with E-state index in [0.29, 0.717) is 0 Å². The van der Waals surface area contributed by atoms with Crippen molar-refractivity contribution in [3.05, 3.63) is 164 Å². The molecular formula is C48H27N3S. The number of nitrogens with zero attached hydrogens (tertiary/aromatic N) is 3. The third kappa shape index (κ3) is 3.79. The van der Waals surface area contributed by atoms with Gasteiger partial charge < -0.3 is 0 Å². The third-order valence-corrected chi connectivity index (χ3v) is 12.0. The SMILES string of the molecule is c1ccc2cc3c(cc2c1)c1ccc2ccccc2c1n3-c1nc2sc3ccccc3c2nc1-c1cccc2c3ccccc3c3ccccc3c12. The average Bonchev–Trinajstić information content (AvgIpc) is 3.74. The molecule has 0 saturated carbocycles. The first-order valence-corrected chi connectivity index (χ1v) is 18.5. The lowest BCUT2D eigenvalue weighted by Gasteiger charge is -2.17. The summed E-state index contributed by atoms with van der Waals surface area (Å²) in [5, 5.41) is 15.7. The smallest absolute Gasteiger partial charge is 0.166 e. The number of benzene rings is 9. The van der Waals surface area contributed by atoms with Crippen LogP contribution in [0, 0.1) is 0 Å². The molecule has 3 heterocycles. The van der Waals surface area contributed by atoms with E-state index in [2.05, 4.69) is 168 Å². The maximum absolute atomic E-state index is 5.71. The van der Waals surface area contributed by atoms with E-state index in [1.165, 1.54) is 69.3 Å². The van der Waals surface area contributed by atoms with Gasteiger partial charge in [0.1, 0.15) is 16.0 Å². The van der Waals surface area contributed by atoms with Crippen molar-refractivity contribution in [1.82, 2.24) is 14.5 Å². The Morgan fingerprint density at radius 2 is 1.02 bits per heavy atom. The molecule has 240 valence electrons. The molecule has 0 spiro atoms. The average molecular weight is 678 g/mol. The highest BCUT2D eigenvalue weighted by atomic mass is 32.1. The molecule has 0 N–H and O–H groups in total. The first kappa shape index (κ1) is 28.1. The highest BCUT2D eigenvalue weighted by Crippen LogP contribution is 2.45. The molecule has 3 nitrogen and oxygen atoms in total. The molecule has 0 aliphatic rings. The quantitative estimate of drug-likeness (QED) is 0.171. The summed E-state index contributed by atoms with van der Waals surface area (Å²) in [4.78, 5) is 12.3. The predicted molar refractivity (Wildman–Crippen MR) is 222 cm³/mol. The van der Waals surface area contributed by atoms with Crippen molar-refractivity contribution in [1.29, 1.82) is 0 Å². The minimum Gasteiger partial charge on any atom is -0.291 e. The lowest BCUT2D eigenvalue weighted by molar-refractivity contribution is 1.09. The zero-order valence-electron chi connectivity index (χ0n) is 27.8. The van der Waals surface area contributed by atoms with Gasteiger partial charge in [-0.1, -0.05) is 146 Å². The second kappa shape index (κ2) is 10.5. The van der Waals surface area contributed by atoms with E-state index >= 15 is 0 Å². The minimum atomic E-state index is 0.843. The van der Waals surface area contributed by atoms with E-state index in [9.17, 15) is 0 Å². The van der Waals surface area contributed by atoms with Crippen LogP contribution in [-0.2, 0) is 0 Å². The molecule has 9 aromatic carbocycles. The predicted octanol–water partition coefficient (Wildman–Crippen LogP) is 13.4. The van der Waals surface area contributed by atoms with Gasteiger partial charge in [-0.2, -0.15) is 0 Å². The van der Waals surface area contributed by atoms with Gasteiger partial charge in [-0.3, -0.25) is 4.57 Å². The normalized spacial score (nSPS) is 12.2. The first-order chi connectivity index (χ1) is 25.8. The van der Waals surface area contributed by atoms with E-state index in [0.717, 1.165) is 43.8 Å². The molecule has 0 fully saturated rings. The topological polar surface area (TPSA) is 30.7 Å². The molecule has 0 bridgehead atoms. The van der Waals surface area contributed by atoms with Crippen molar-refractivity contribution >= 4 is 107 Å². The summed E-state index contributed by atoms with van der Waals surface area (Å²) in [5.74, 6) is 0.843. The monoisotopic (exact) mass is 677 g/mol. The highest BCUT2D eigenvalue weighted by molar-refractivity contribution is 7.25. The van der Waals surface area contributed by atoms with Gasteiger partial charge in [0.15, 0.2) is 5.82 Å². The summed E-state index contributed by atoms with van der Waals surface area (Å²) in [7, 11) is 0. The van der Waals surface area contributed by atoms with Crippen molar-refractivity contribution in [2.45, 2.75) is 0 Å². The summed E-state index contributed by atoms with van der Waals surface area (Å²) in [6.07, 6.45) is 0. The maximum Gasteiger partial charge on any atom is 0.166 e. The zero-order valence-corrected chi connectivity index (χ0v) is 28.7. The van der Waals surface area contributed by atoms with Crippen molar-refractivity contribution in [3.8, 4) is 17.1 Å². The van der Waals surface area contributed by atoms with Gasteiger partial charge in [0.2, 0.25) is 0 Å². The first-order valence-electron chi connectivity index (χ1n) is 17.7. The fraction of sp³-hybridized carbons (Fsp3) is 0. The summed E-state index contributed by atoms with van der Waals surface area (Å²) in [6, 6.07) is 59.4. The molecule has 12 rings (SSSR count). The van der Waals surface area contributed by atoms with Crippen LogP contribution in [0.5, 0.6) is 0 Å². The van der Waals surface area contributed by atoms with Crippen LogP contribution in [-0.4, -0.2) is 14.5 Å². The van der Waals surface area contributed by atoms with Crippen LogP contribution in [0.1, 0.15) is 0 Å². The van der Waals surface area contributed by atoms with Crippen molar-refractivity contribution in [3.63, 3.8) is 0 Å². The van der Waals surface area contributed by atoms with Gasteiger partial charge in [-0.25, -0.2) is 9.97 Å². The number of hydrogen-bond acceptors (Lipinski definition) is 3. The van der Waals surface area contributed by atoms with E-state index in [4.69, 9.17) is 9.97 Å². The van der Waals surface area contributed by atoms with Gasteiger partial charge in [-0.15, -0.1) is 11.3 Å². The minimum absolute atomic E-state index is 0.843. The Morgan fingerprint density at radius 1 is 0.423 bits per heavy atom. The van der Waals surface area contributed by atoms with E-state index in [1.54, 1.807) is 11.3 Å². The van der Waals surface area contributed by atoms with Gasteiger partial charge in [0.25, 0.3) is 0 Å². The van der Waals surface area contributed by atoms with Crippen LogP contribution in [0.4, 0.5) is 0 Å². The van der Waals surface area contributed by atoms with Crippen LogP contribution >= 0.6 is 11.3 Å². The van der Waals surface area contributed by atoms with Crippen LogP contribution in [0.2, 0.25) is 0 Å². The second-order valence-corrected chi connectivity index (χ2v) is 14.7. The summed E-state index contributed by atoms with van der Waals surface area (Å²) in [5.41, 5.74) is 5.17. The Labute approximate surface area is 301 Å². The largest absolute Gasteiger partial charge is 0.291 e.